The van der Waals surface area contributed by atoms with Crippen LogP contribution in [0.25, 0.3) is 0 Å². The molecule has 0 aromatic heterocycles. The molecule has 0 bridgehead atoms. The molecule has 0 saturated carbocycles. The number of hydrogen-bond acceptors (Lipinski definition) is 6. The van der Waals surface area contributed by atoms with E-state index in [2.05, 4.69) is 4.74 Å². The van der Waals surface area contributed by atoms with Gasteiger partial charge in [-0.25, -0.2) is 4.79 Å². The predicted molar refractivity (Wildman–Crippen MR) is 58.9 cm³/mol. The molecule has 0 amide bonds. The summed E-state index contributed by atoms with van der Waals surface area (Å²) in [6.45, 7) is 4.67. The van der Waals surface area contributed by atoms with Gasteiger partial charge in [0.2, 0.25) is 0 Å². The second-order valence-electron chi connectivity index (χ2n) is 3.07. The van der Waals surface area contributed by atoms with Crippen molar-refractivity contribution in [1.82, 2.24) is 0 Å². The van der Waals surface area contributed by atoms with Gasteiger partial charge in [-0.05, 0) is 20.8 Å². The highest BCUT2D eigenvalue weighted by molar-refractivity contribution is 7.54. The van der Waals surface area contributed by atoms with Crippen LogP contribution in [0, 0.1) is 0 Å². The number of hydrogen-bond donors (Lipinski definition) is 1. The van der Waals surface area contributed by atoms with E-state index in [1.807, 2.05) is 0 Å². The highest BCUT2D eigenvalue weighted by Gasteiger charge is 2.30. The first-order chi connectivity index (χ1) is 7.84. The molecule has 1 unspecified atom stereocenters. The van der Waals surface area contributed by atoms with Crippen LogP contribution in [0.5, 0.6) is 0 Å². The zero-order valence-electron chi connectivity index (χ0n) is 10.0. The van der Waals surface area contributed by atoms with E-state index in [4.69, 9.17) is 14.2 Å². The number of ether oxygens (including phenoxy) is 1. The molecule has 0 aromatic rings. The summed E-state index contributed by atoms with van der Waals surface area (Å²) in [6.07, 6.45) is -1.88. The lowest BCUT2D eigenvalue weighted by Gasteiger charge is -2.16. The van der Waals surface area contributed by atoms with Gasteiger partial charge in [0.25, 0.3) is 0 Å². The molecule has 1 N–H and O–H groups in total. The number of carbonyl (C=O) groups excluding carboxylic acids is 1. The van der Waals surface area contributed by atoms with E-state index in [1.165, 1.54) is 6.92 Å². The van der Waals surface area contributed by atoms with Gasteiger partial charge in [-0.15, -0.1) is 0 Å². The van der Waals surface area contributed by atoms with E-state index in [0.29, 0.717) is 0 Å². The smallest absolute Gasteiger partial charge is 0.344 e. The summed E-state index contributed by atoms with van der Waals surface area (Å²) >= 11 is 0. The van der Waals surface area contributed by atoms with Gasteiger partial charge in [-0.3, -0.25) is 9.36 Å². The lowest BCUT2D eigenvalue weighted by atomic mass is 10.4. The van der Waals surface area contributed by atoms with Crippen molar-refractivity contribution in [2.75, 3.05) is 19.4 Å². The average molecular weight is 268 g/mol. The largest absolute Gasteiger partial charge is 0.479 e. The zero-order chi connectivity index (χ0) is 13.5. The average Bonchev–Trinajstić information content (AvgIpc) is 2.16. The number of carbonyl (C=O) groups is 2. The molecule has 100 valence electrons. The van der Waals surface area contributed by atoms with Crippen molar-refractivity contribution >= 4 is 19.5 Å². The summed E-state index contributed by atoms with van der Waals surface area (Å²) in [5.41, 5.74) is 0. The van der Waals surface area contributed by atoms with Gasteiger partial charge in [-0.1, -0.05) is 0 Å². The maximum absolute atomic E-state index is 11.9. The summed E-state index contributed by atoms with van der Waals surface area (Å²) in [7, 11) is -3.53. The third-order valence-corrected chi connectivity index (χ3v) is 3.58. The number of carboxylic acids is 1. The molecule has 0 aromatic carbocycles. The van der Waals surface area contributed by atoms with Crippen molar-refractivity contribution in [3.8, 4) is 0 Å². The second kappa shape index (κ2) is 7.42. The Labute approximate surface area is 99.6 Å². The normalized spacial score (nSPS) is 13.1. The molecule has 0 aliphatic heterocycles. The van der Waals surface area contributed by atoms with Crippen LogP contribution in [0.3, 0.4) is 0 Å². The Bertz CT molecular complexity index is 304. The highest BCUT2D eigenvalue weighted by atomic mass is 31.2. The van der Waals surface area contributed by atoms with Crippen LogP contribution < -0.4 is 0 Å². The molecule has 8 heteroatoms. The molecule has 1 atom stereocenters. The minimum Gasteiger partial charge on any atom is -0.479 e. The number of rotatable bonds is 8. The van der Waals surface area contributed by atoms with Crippen molar-refractivity contribution in [1.29, 1.82) is 0 Å². The van der Waals surface area contributed by atoms with E-state index in [-0.39, 0.29) is 13.2 Å². The molecule has 0 rings (SSSR count). The summed E-state index contributed by atoms with van der Waals surface area (Å²) < 4.78 is 26.1. The number of aliphatic carboxylic acids is 1. The Morgan fingerprint density at radius 1 is 1.24 bits per heavy atom. The maximum atomic E-state index is 11.9. The van der Waals surface area contributed by atoms with Crippen molar-refractivity contribution in [3.63, 3.8) is 0 Å². The van der Waals surface area contributed by atoms with Crippen molar-refractivity contribution in [2.24, 2.45) is 0 Å². The highest BCUT2D eigenvalue weighted by Crippen LogP contribution is 2.47. The molecule has 0 aliphatic rings. The molecule has 0 aliphatic carbocycles. The van der Waals surface area contributed by atoms with Crippen molar-refractivity contribution in [3.05, 3.63) is 0 Å². The fraction of sp³-hybridized carbons (Fsp3) is 0.778. The Hall–Kier alpha value is -0.910. The second-order valence-corrected chi connectivity index (χ2v) is 5.13. The van der Waals surface area contributed by atoms with Gasteiger partial charge < -0.3 is 18.9 Å². The van der Waals surface area contributed by atoms with Crippen LogP contribution in [0.15, 0.2) is 0 Å². The van der Waals surface area contributed by atoms with E-state index in [1.54, 1.807) is 13.8 Å². The first-order valence-electron chi connectivity index (χ1n) is 5.15. The lowest BCUT2D eigenvalue weighted by molar-refractivity contribution is -0.161. The molecule has 0 spiro atoms. The van der Waals surface area contributed by atoms with Crippen molar-refractivity contribution < 1.29 is 33.0 Å². The van der Waals surface area contributed by atoms with Crippen LogP contribution in [0.1, 0.15) is 20.8 Å². The van der Waals surface area contributed by atoms with Gasteiger partial charge in [0.1, 0.15) is 6.16 Å². The van der Waals surface area contributed by atoms with Crippen LogP contribution in [-0.4, -0.2) is 42.5 Å². The Morgan fingerprint density at radius 3 is 2.06 bits per heavy atom. The molecule has 7 nitrogen and oxygen atoms in total. The van der Waals surface area contributed by atoms with E-state index >= 15 is 0 Å². The quantitative estimate of drug-likeness (QED) is 0.522. The fourth-order valence-corrected chi connectivity index (χ4v) is 2.40. The minimum atomic E-state index is -3.53. The Balaban J connectivity index is 4.41. The van der Waals surface area contributed by atoms with Crippen molar-refractivity contribution in [2.45, 2.75) is 26.9 Å². The lowest BCUT2D eigenvalue weighted by Crippen LogP contribution is -2.25. The van der Waals surface area contributed by atoms with Crippen LogP contribution >= 0.6 is 7.60 Å². The topological polar surface area (TPSA) is 99.1 Å². The molecule has 0 fully saturated rings. The maximum Gasteiger partial charge on any atom is 0.344 e. The molecular weight excluding hydrogens is 251 g/mol. The molecule has 0 heterocycles. The standard InChI is InChI=1S/C9H17O7P/c1-4-14-17(13,15-5-2)6-8(10)16-7(3)9(11)12/h7H,4-6H2,1-3H3,(H,11,12). The van der Waals surface area contributed by atoms with Gasteiger partial charge in [0, 0.05) is 0 Å². The monoisotopic (exact) mass is 268 g/mol. The summed E-state index contributed by atoms with van der Waals surface area (Å²) in [5, 5.41) is 8.53. The molecule has 0 radical (unpaired) electrons. The van der Waals surface area contributed by atoms with E-state index in [9.17, 15) is 14.2 Å². The molecular formula is C9H17O7P. The number of carboxylic acid groups (broad SMARTS) is 1. The summed E-state index contributed by atoms with van der Waals surface area (Å²) in [4.78, 5) is 21.7. The van der Waals surface area contributed by atoms with Crippen LogP contribution in [0.4, 0.5) is 0 Å². The molecule has 17 heavy (non-hydrogen) atoms. The van der Waals surface area contributed by atoms with E-state index in [0.717, 1.165) is 0 Å². The molecule has 0 saturated heterocycles. The van der Waals surface area contributed by atoms with Crippen LogP contribution in [0.2, 0.25) is 0 Å². The Kier molecular flexibility index (Phi) is 7.03. The predicted octanol–water partition coefficient (Wildman–Crippen LogP) is 1.27. The van der Waals surface area contributed by atoms with Gasteiger partial charge in [0.15, 0.2) is 6.10 Å². The summed E-state index contributed by atoms with van der Waals surface area (Å²) in [5.74, 6) is -2.20. The van der Waals surface area contributed by atoms with Crippen LogP contribution in [-0.2, 0) is 27.9 Å². The third kappa shape index (κ3) is 6.41. The SMILES string of the molecule is CCOP(=O)(CC(=O)OC(C)C(=O)O)OCC. The fourth-order valence-electron chi connectivity index (χ4n) is 0.965. The first kappa shape index (κ1) is 16.1. The van der Waals surface area contributed by atoms with Gasteiger partial charge in [0.05, 0.1) is 13.2 Å². The Morgan fingerprint density at radius 2 is 1.71 bits per heavy atom. The number of esters is 1. The zero-order valence-corrected chi connectivity index (χ0v) is 10.9. The first-order valence-corrected chi connectivity index (χ1v) is 6.87. The minimum absolute atomic E-state index is 0.124. The third-order valence-electron chi connectivity index (χ3n) is 1.63. The summed E-state index contributed by atoms with van der Waals surface area (Å²) in [6, 6.07) is 0. The van der Waals surface area contributed by atoms with Gasteiger partial charge >= 0.3 is 19.5 Å². The van der Waals surface area contributed by atoms with Gasteiger partial charge in [-0.2, -0.15) is 0 Å². The van der Waals surface area contributed by atoms with E-state index < -0.39 is 31.8 Å².